The number of carbonyl (C=O) groups is 1. The van der Waals surface area contributed by atoms with Crippen LogP contribution < -0.4 is 10.6 Å². The zero-order valence-corrected chi connectivity index (χ0v) is 15.9. The summed E-state index contributed by atoms with van der Waals surface area (Å²) in [7, 11) is 1.63. The number of hydrogen-bond acceptors (Lipinski definition) is 4. The monoisotopic (exact) mass is 383 g/mol. The third-order valence-corrected chi connectivity index (χ3v) is 5.21. The number of rotatable bonds is 5. The van der Waals surface area contributed by atoms with Gasteiger partial charge in [0.2, 0.25) is 0 Å². The number of halogens is 1. The van der Waals surface area contributed by atoms with Crippen molar-refractivity contribution in [3.63, 3.8) is 0 Å². The van der Waals surface area contributed by atoms with Crippen LogP contribution in [0.5, 0.6) is 0 Å². The van der Waals surface area contributed by atoms with Gasteiger partial charge < -0.3 is 15.6 Å². The van der Waals surface area contributed by atoms with E-state index in [1.807, 2.05) is 30.5 Å². The second-order valence-electron chi connectivity index (χ2n) is 6.86. The van der Waals surface area contributed by atoms with Gasteiger partial charge in [-0.1, -0.05) is 23.7 Å². The van der Waals surface area contributed by atoms with Crippen LogP contribution in [0.2, 0.25) is 5.02 Å². The number of aromatic nitrogens is 2. The van der Waals surface area contributed by atoms with Gasteiger partial charge in [-0.15, -0.1) is 0 Å². The van der Waals surface area contributed by atoms with Crippen molar-refractivity contribution in [2.24, 2.45) is 0 Å². The fraction of sp³-hybridized carbons (Fsp3) is 0.300. The Morgan fingerprint density at radius 3 is 3.11 bits per heavy atom. The average Bonchev–Trinajstić information content (AvgIpc) is 3.31. The molecule has 0 bridgehead atoms. The molecule has 140 valence electrons. The summed E-state index contributed by atoms with van der Waals surface area (Å²) in [4.78, 5) is 22.1. The number of likely N-dealkylation sites (tertiary alicyclic amines) is 1. The summed E-state index contributed by atoms with van der Waals surface area (Å²) in [5.41, 5.74) is 3.40. The first-order valence-electron chi connectivity index (χ1n) is 9.05. The third kappa shape index (κ3) is 3.77. The number of pyridine rings is 1. The highest BCUT2D eigenvalue weighted by molar-refractivity contribution is 6.30. The van der Waals surface area contributed by atoms with Crippen LogP contribution in [0.15, 0.2) is 42.7 Å². The molecule has 4 rings (SSSR count). The van der Waals surface area contributed by atoms with Gasteiger partial charge in [-0.2, -0.15) is 0 Å². The van der Waals surface area contributed by atoms with Gasteiger partial charge in [-0.3, -0.25) is 9.69 Å². The standard InChI is InChI=1S/C20H22ClN5O/c1-22-20(27)17-10-24-19-16(5-7-23-19)18(17)25-15-6-8-26(12-15)11-13-3-2-4-14(21)9-13/h2-5,7,9-10,15H,6,8,11-12H2,1H3,(H,22,27)(H2,23,24,25). The Balaban J connectivity index is 1.51. The first-order valence-corrected chi connectivity index (χ1v) is 9.43. The molecule has 3 aromatic rings. The molecule has 7 heteroatoms. The highest BCUT2D eigenvalue weighted by Gasteiger charge is 2.25. The Kier molecular flexibility index (Phi) is 5.01. The zero-order chi connectivity index (χ0) is 18.8. The number of H-pyrrole nitrogens is 1. The molecule has 1 aliphatic rings. The maximum atomic E-state index is 12.3. The van der Waals surface area contributed by atoms with Crippen LogP contribution >= 0.6 is 11.6 Å². The van der Waals surface area contributed by atoms with Crippen molar-refractivity contribution in [3.05, 3.63) is 58.9 Å². The average molecular weight is 384 g/mol. The highest BCUT2D eigenvalue weighted by Crippen LogP contribution is 2.28. The maximum Gasteiger partial charge on any atom is 0.254 e. The fourth-order valence-electron chi connectivity index (χ4n) is 3.66. The lowest BCUT2D eigenvalue weighted by Gasteiger charge is -2.19. The molecule has 0 spiro atoms. The molecule has 0 saturated carbocycles. The lowest BCUT2D eigenvalue weighted by Crippen LogP contribution is -2.28. The van der Waals surface area contributed by atoms with E-state index in [4.69, 9.17) is 11.6 Å². The molecule has 0 aliphatic carbocycles. The fourth-order valence-corrected chi connectivity index (χ4v) is 3.87. The van der Waals surface area contributed by atoms with Crippen molar-refractivity contribution in [3.8, 4) is 0 Å². The zero-order valence-electron chi connectivity index (χ0n) is 15.1. The minimum atomic E-state index is -0.137. The van der Waals surface area contributed by atoms with E-state index < -0.39 is 0 Å². The minimum absolute atomic E-state index is 0.137. The van der Waals surface area contributed by atoms with Crippen LogP contribution in [-0.2, 0) is 6.54 Å². The van der Waals surface area contributed by atoms with E-state index in [0.29, 0.717) is 5.56 Å². The van der Waals surface area contributed by atoms with Gasteiger partial charge >= 0.3 is 0 Å². The number of hydrogen-bond donors (Lipinski definition) is 3. The Labute approximate surface area is 162 Å². The van der Waals surface area contributed by atoms with E-state index in [1.165, 1.54) is 5.56 Å². The van der Waals surface area contributed by atoms with Crippen LogP contribution in [0.3, 0.4) is 0 Å². The number of carbonyl (C=O) groups excluding carboxylic acids is 1. The Morgan fingerprint density at radius 2 is 2.30 bits per heavy atom. The normalized spacial score (nSPS) is 17.3. The van der Waals surface area contributed by atoms with Crippen LogP contribution in [0, 0.1) is 0 Å². The summed E-state index contributed by atoms with van der Waals surface area (Å²) in [6, 6.07) is 10.2. The van der Waals surface area contributed by atoms with Gasteiger partial charge in [-0.05, 0) is 30.2 Å². The van der Waals surface area contributed by atoms with Gasteiger partial charge in [0.05, 0.1) is 11.3 Å². The van der Waals surface area contributed by atoms with Gasteiger partial charge in [0.1, 0.15) is 5.65 Å². The Bertz CT molecular complexity index is 970. The third-order valence-electron chi connectivity index (χ3n) is 4.97. The topological polar surface area (TPSA) is 73.0 Å². The summed E-state index contributed by atoms with van der Waals surface area (Å²) >= 11 is 6.09. The highest BCUT2D eigenvalue weighted by atomic mass is 35.5. The van der Waals surface area contributed by atoms with Crippen LogP contribution in [0.25, 0.3) is 11.0 Å². The first-order chi connectivity index (χ1) is 13.1. The van der Waals surface area contributed by atoms with Crippen LogP contribution in [0.4, 0.5) is 5.69 Å². The molecule has 27 heavy (non-hydrogen) atoms. The molecule has 6 nitrogen and oxygen atoms in total. The van der Waals surface area contributed by atoms with E-state index >= 15 is 0 Å². The quantitative estimate of drug-likeness (QED) is 0.632. The second-order valence-corrected chi connectivity index (χ2v) is 7.30. The van der Waals surface area contributed by atoms with Gasteiger partial charge in [0.15, 0.2) is 0 Å². The molecule has 0 radical (unpaired) electrons. The van der Waals surface area contributed by atoms with Gasteiger partial charge in [-0.25, -0.2) is 4.98 Å². The van der Waals surface area contributed by atoms with Crippen LogP contribution in [0.1, 0.15) is 22.3 Å². The smallest absolute Gasteiger partial charge is 0.254 e. The number of anilines is 1. The predicted molar refractivity (Wildman–Crippen MR) is 108 cm³/mol. The Morgan fingerprint density at radius 1 is 1.41 bits per heavy atom. The number of nitrogens with one attached hydrogen (secondary N) is 3. The largest absolute Gasteiger partial charge is 0.380 e. The van der Waals surface area contributed by atoms with Crippen molar-refractivity contribution in [1.82, 2.24) is 20.2 Å². The molecule has 1 aliphatic heterocycles. The van der Waals surface area contributed by atoms with Crippen molar-refractivity contribution in [1.29, 1.82) is 0 Å². The molecular formula is C20H22ClN5O. The minimum Gasteiger partial charge on any atom is -0.380 e. The van der Waals surface area contributed by atoms with E-state index in [9.17, 15) is 4.79 Å². The molecule has 3 N–H and O–H groups in total. The molecule has 1 amide bonds. The van der Waals surface area contributed by atoms with E-state index in [2.05, 4.69) is 31.6 Å². The number of fused-ring (bicyclic) bond motifs is 1. The van der Waals surface area contributed by atoms with Gasteiger partial charge in [0.25, 0.3) is 5.91 Å². The molecule has 3 heterocycles. The van der Waals surface area contributed by atoms with Gasteiger partial charge in [0, 0.05) is 55.5 Å². The molecule has 1 aromatic carbocycles. The summed E-state index contributed by atoms with van der Waals surface area (Å²) in [5, 5.41) is 7.99. The SMILES string of the molecule is CNC(=O)c1cnc2[nH]ccc2c1NC1CCN(Cc2cccc(Cl)c2)C1. The van der Waals surface area contributed by atoms with Crippen molar-refractivity contribution < 1.29 is 4.79 Å². The Hall–Kier alpha value is -2.57. The maximum absolute atomic E-state index is 12.3. The predicted octanol–water partition coefficient (Wildman–Crippen LogP) is 3.26. The summed E-state index contributed by atoms with van der Waals surface area (Å²) in [5.74, 6) is -0.137. The van der Waals surface area contributed by atoms with Crippen LogP contribution in [-0.4, -0.2) is 47.0 Å². The van der Waals surface area contributed by atoms with E-state index in [1.54, 1.807) is 13.2 Å². The molecule has 1 atom stereocenters. The van der Waals surface area contributed by atoms with Crippen molar-refractivity contribution in [2.45, 2.75) is 19.0 Å². The number of amides is 1. The molecule has 2 aromatic heterocycles. The first kappa shape index (κ1) is 17.8. The van der Waals surface area contributed by atoms with Crippen molar-refractivity contribution in [2.75, 3.05) is 25.5 Å². The molecule has 1 unspecified atom stereocenters. The number of aromatic amines is 1. The second kappa shape index (κ2) is 7.58. The lowest BCUT2D eigenvalue weighted by molar-refractivity contribution is 0.0963. The number of nitrogens with zero attached hydrogens (tertiary/aromatic N) is 2. The number of benzene rings is 1. The summed E-state index contributed by atoms with van der Waals surface area (Å²) in [6.07, 6.45) is 4.48. The summed E-state index contributed by atoms with van der Waals surface area (Å²) in [6.45, 7) is 2.78. The summed E-state index contributed by atoms with van der Waals surface area (Å²) < 4.78 is 0. The van der Waals surface area contributed by atoms with E-state index in [0.717, 1.165) is 47.8 Å². The molecule has 1 fully saturated rings. The molecule has 1 saturated heterocycles. The lowest BCUT2D eigenvalue weighted by atomic mass is 10.1. The molecular weight excluding hydrogens is 362 g/mol. The van der Waals surface area contributed by atoms with Crippen molar-refractivity contribution >= 4 is 34.2 Å². The van der Waals surface area contributed by atoms with E-state index in [-0.39, 0.29) is 11.9 Å².